The number of hydrogen-bond donors (Lipinski definition) is 0. The molecule has 0 radical (unpaired) electrons. The fourth-order valence-electron chi connectivity index (χ4n) is 4.24. The first-order valence-corrected chi connectivity index (χ1v) is 10.6. The van der Waals surface area contributed by atoms with Crippen molar-refractivity contribution in [2.45, 2.75) is 39.7 Å². The van der Waals surface area contributed by atoms with Gasteiger partial charge in [-0.3, -0.25) is 9.59 Å². The minimum atomic E-state index is -0.0456. The molecule has 1 aliphatic rings. The van der Waals surface area contributed by atoms with E-state index in [1.165, 1.54) is 5.56 Å². The van der Waals surface area contributed by atoms with E-state index in [2.05, 4.69) is 0 Å². The molecule has 1 aliphatic heterocycles. The highest BCUT2D eigenvalue weighted by atomic mass is 16.2. The zero-order chi connectivity index (χ0) is 21.3. The van der Waals surface area contributed by atoms with E-state index in [9.17, 15) is 9.59 Å². The maximum atomic E-state index is 12.9. The number of carbonyl (C=O) groups excluding carboxylic acids is 2. The van der Waals surface area contributed by atoms with Crippen molar-refractivity contribution in [2.24, 2.45) is 0 Å². The predicted octanol–water partition coefficient (Wildman–Crippen LogP) is 3.73. The van der Waals surface area contributed by atoms with Crippen LogP contribution in [0.25, 0.3) is 11.0 Å². The summed E-state index contributed by atoms with van der Waals surface area (Å²) < 4.78 is 2.01. The van der Waals surface area contributed by atoms with Crippen molar-refractivity contribution < 1.29 is 9.59 Å². The first-order valence-electron chi connectivity index (χ1n) is 10.6. The summed E-state index contributed by atoms with van der Waals surface area (Å²) in [6, 6.07) is 15.9. The van der Waals surface area contributed by atoms with Crippen LogP contribution >= 0.6 is 0 Å². The van der Waals surface area contributed by atoms with E-state index >= 15 is 0 Å². The van der Waals surface area contributed by atoms with Gasteiger partial charge >= 0.3 is 0 Å². The average Bonchev–Trinajstić information content (AvgIpc) is 3.30. The van der Waals surface area contributed by atoms with Gasteiger partial charge in [-0.2, -0.15) is 0 Å². The van der Waals surface area contributed by atoms with E-state index in [4.69, 9.17) is 4.98 Å². The van der Waals surface area contributed by atoms with Crippen LogP contribution in [0.1, 0.15) is 37.6 Å². The Hall–Kier alpha value is -3.15. The van der Waals surface area contributed by atoms with Gasteiger partial charge in [0.05, 0.1) is 11.0 Å². The van der Waals surface area contributed by atoms with Gasteiger partial charge < -0.3 is 14.4 Å². The molecule has 2 amide bonds. The van der Waals surface area contributed by atoms with Crippen molar-refractivity contribution in [3.8, 4) is 0 Å². The first-order chi connectivity index (χ1) is 14.5. The van der Waals surface area contributed by atoms with Crippen LogP contribution < -0.4 is 4.90 Å². The predicted molar refractivity (Wildman–Crippen MR) is 119 cm³/mol. The number of anilines is 1. The monoisotopic (exact) mass is 404 g/mol. The molecule has 4 rings (SSSR count). The number of likely N-dealkylation sites (N-methyl/N-ethyl adjacent to an activating group) is 1. The Balaban J connectivity index is 1.68. The lowest BCUT2D eigenvalue weighted by molar-refractivity contribution is -0.131. The summed E-state index contributed by atoms with van der Waals surface area (Å²) in [7, 11) is 0. The van der Waals surface area contributed by atoms with Gasteiger partial charge in [0, 0.05) is 37.7 Å². The molecular formula is C24H28N4O2. The quantitative estimate of drug-likeness (QED) is 0.629. The summed E-state index contributed by atoms with van der Waals surface area (Å²) in [5.74, 6) is 0.942. The lowest BCUT2D eigenvalue weighted by Gasteiger charge is -2.21. The van der Waals surface area contributed by atoms with Gasteiger partial charge in [0.1, 0.15) is 12.4 Å². The summed E-state index contributed by atoms with van der Waals surface area (Å²) in [4.78, 5) is 34.2. The van der Waals surface area contributed by atoms with Crippen LogP contribution in [0.5, 0.6) is 0 Å². The van der Waals surface area contributed by atoms with Crippen LogP contribution in [0, 0.1) is 6.92 Å². The number of carbonyl (C=O) groups is 2. The van der Waals surface area contributed by atoms with Crippen molar-refractivity contribution in [1.29, 1.82) is 0 Å². The maximum Gasteiger partial charge on any atom is 0.242 e. The van der Waals surface area contributed by atoms with Crippen LogP contribution in [0.2, 0.25) is 0 Å². The van der Waals surface area contributed by atoms with Gasteiger partial charge in [0.25, 0.3) is 0 Å². The third-order valence-corrected chi connectivity index (χ3v) is 5.93. The SMILES string of the molecule is CCN(CC)C(=O)Cn1c([C@H]2CC(=O)N(c3ccc(C)cc3)C2)nc2ccccc21. The Morgan fingerprint density at radius 3 is 2.50 bits per heavy atom. The molecule has 3 aromatic rings. The Morgan fingerprint density at radius 1 is 1.10 bits per heavy atom. The molecule has 2 aromatic carbocycles. The molecule has 1 fully saturated rings. The number of imidazole rings is 1. The second-order valence-electron chi connectivity index (χ2n) is 7.85. The normalized spacial score (nSPS) is 16.4. The fourth-order valence-corrected chi connectivity index (χ4v) is 4.24. The van der Waals surface area contributed by atoms with Gasteiger partial charge in [-0.1, -0.05) is 29.8 Å². The summed E-state index contributed by atoms with van der Waals surface area (Å²) in [6.07, 6.45) is 0.399. The van der Waals surface area contributed by atoms with Crippen LogP contribution in [0.4, 0.5) is 5.69 Å². The standard InChI is InChI=1S/C24H28N4O2/c1-4-26(5-2)23(30)16-28-21-9-7-6-8-20(21)25-24(28)18-14-22(29)27(15-18)19-12-10-17(3)11-13-19/h6-13,18H,4-5,14-16H2,1-3H3/t18-/m0/s1. The summed E-state index contributed by atoms with van der Waals surface area (Å²) in [5, 5.41) is 0. The van der Waals surface area contributed by atoms with Crippen molar-refractivity contribution in [2.75, 3.05) is 24.5 Å². The van der Waals surface area contributed by atoms with Gasteiger partial charge in [-0.15, -0.1) is 0 Å². The Morgan fingerprint density at radius 2 is 1.80 bits per heavy atom. The molecule has 156 valence electrons. The number of nitrogens with zero attached hydrogens (tertiary/aromatic N) is 4. The average molecular weight is 405 g/mol. The number of hydrogen-bond acceptors (Lipinski definition) is 3. The molecular weight excluding hydrogens is 376 g/mol. The Labute approximate surface area is 177 Å². The van der Waals surface area contributed by atoms with Crippen molar-refractivity contribution >= 4 is 28.5 Å². The zero-order valence-electron chi connectivity index (χ0n) is 17.8. The second-order valence-corrected chi connectivity index (χ2v) is 7.85. The van der Waals surface area contributed by atoms with E-state index in [1.807, 2.05) is 83.7 Å². The first kappa shape index (κ1) is 20.1. The molecule has 1 saturated heterocycles. The van der Waals surface area contributed by atoms with Gasteiger partial charge in [-0.05, 0) is 45.0 Å². The minimum absolute atomic E-state index is 0.0456. The molecule has 1 atom stereocenters. The van der Waals surface area contributed by atoms with Crippen molar-refractivity contribution in [3.63, 3.8) is 0 Å². The summed E-state index contributed by atoms with van der Waals surface area (Å²) in [5.41, 5.74) is 3.88. The highest BCUT2D eigenvalue weighted by Crippen LogP contribution is 2.33. The third kappa shape index (κ3) is 3.70. The fraction of sp³-hybridized carbons (Fsp3) is 0.375. The molecule has 0 unspecified atom stereocenters. The summed E-state index contributed by atoms with van der Waals surface area (Å²) >= 11 is 0. The lowest BCUT2D eigenvalue weighted by Crippen LogP contribution is -2.34. The molecule has 2 heterocycles. The van der Waals surface area contributed by atoms with Crippen LogP contribution in [-0.2, 0) is 16.1 Å². The van der Waals surface area contributed by atoms with Crippen LogP contribution in [0.3, 0.4) is 0 Å². The van der Waals surface area contributed by atoms with Crippen molar-refractivity contribution in [3.05, 3.63) is 59.9 Å². The molecule has 0 bridgehead atoms. The minimum Gasteiger partial charge on any atom is -0.342 e. The molecule has 0 saturated carbocycles. The van der Waals surface area contributed by atoms with E-state index in [0.29, 0.717) is 26.1 Å². The molecule has 0 aliphatic carbocycles. The topological polar surface area (TPSA) is 58.4 Å². The van der Waals surface area contributed by atoms with Gasteiger partial charge in [-0.25, -0.2) is 4.98 Å². The van der Waals surface area contributed by atoms with E-state index in [1.54, 1.807) is 0 Å². The second kappa shape index (κ2) is 8.30. The smallest absolute Gasteiger partial charge is 0.242 e. The van der Waals surface area contributed by atoms with Gasteiger partial charge in [0.15, 0.2) is 0 Å². The van der Waals surface area contributed by atoms with E-state index in [0.717, 1.165) is 22.5 Å². The van der Waals surface area contributed by atoms with Crippen molar-refractivity contribution in [1.82, 2.24) is 14.5 Å². The Kier molecular flexibility index (Phi) is 5.57. The number of para-hydroxylation sites is 2. The molecule has 0 spiro atoms. The lowest BCUT2D eigenvalue weighted by atomic mass is 10.1. The number of benzene rings is 2. The summed E-state index contributed by atoms with van der Waals surface area (Å²) in [6.45, 7) is 8.19. The number of fused-ring (bicyclic) bond motifs is 1. The van der Waals surface area contributed by atoms with Gasteiger partial charge in [0.2, 0.25) is 11.8 Å². The molecule has 6 heteroatoms. The van der Waals surface area contributed by atoms with E-state index < -0.39 is 0 Å². The zero-order valence-corrected chi connectivity index (χ0v) is 17.8. The molecule has 1 aromatic heterocycles. The highest BCUT2D eigenvalue weighted by Gasteiger charge is 2.35. The van der Waals surface area contributed by atoms with Crippen LogP contribution in [-0.4, -0.2) is 45.9 Å². The number of rotatable bonds is 6. The Bertz CT molecular complexity index is 1070. The number of aromatic nitrogens is 2. The number of amides is 2. The molecule has 30 heavy (non-hydrogen) atoms. The molecule has 6 nitrogen and oxygen atoms in total. The molecule has 0 N–H and O–H groups in total. The third-order valence-electron chi connectivity index (χ3n) is 5.93. The van der Waals surface area contributed by atoms with Crippen LogP contribution in [0.15, 0.2) is 48.5 Å². The largest absolute Gasteiger partial charge is 0.342 e. The highest BCUT2D eigenvalue weighted by molar-refractivity contribution is 5.96. The maximum absolute atomic E-state index is 12.9. The van der Waals surface area contributed by atoms with E-state index in [-0.39, 0.29) is 24.3 Å². The number of aryl methyl sites for hydroxylation is 1.